The van der Waals surface area contributed by atoms with E-state index in [0.29, 0.717) is 17.4 Å². The fraction of sp³-hybridized carbons (Fsp3) is 0.625. The van der Waals surface area contributed by atoms with Crippen molar-refractivity contribution in [3.8, 4) is 0 Å². The van der Waals surface area contributed by atoms with Crippen LogP contribution in [0.1, 0.15) is 37.8 Å². The summed E-state index contributed by atoms with van der Waals surface area (Å²) < 4.78 is 27.3. The first-order chi connectivity index (χ1) is 9.87. The van der Waals surface area contributed by atoms with Gasteiger partial charge < -0.3 is 5.32 Å². The zero-order valence-electron chi connectivity index (χ0n) is 13.4. The molecule has 1 aromatic carbocycles. The van der Waals surface area contributed by atoms with Crippen molar-refractivity contribution in [2.45, 2.75) is 51.1 Å². The van der Waals surface area contributed by atoms with Crippen LogP contribution < -0.4 is 5.32 Å². The van der Waals surface area contributed by atoms with Crippen molar-refractivity contribution in [2.75, 3.05) is 13.6 Å². The number of hydrogen-bond acceptors (Lipinski definition) is 3. The summed E-state index contributed by atoms with van der Waals surface area (Å²) in [4.78, 5) is 0.438. The number of nitrogens with one attached hydrogen (secondary N) is 1. The van der Waals surface area contributed by atoms with E-state index in [9.17, 15) is 8.42 Å². The molecular weight excluding hydrogens is 284 g/mol. The first-order valence-electron chi connectivity index (χ1n) is 7.66. The zero-order valence-corrected chi connectivity index (χ0v) is 14.2. The van der Waals surface area contributed by atoms with E-state index in [2.05, 4.69) is 5.32 Å². The quantitative estimate of drug-likeness (QED) is 0.842. The summed E-state index contributed by atoms with van der Waals surface area (Å²) >= 11 is 0. The Morgan fingerprint density at radius 2 is 2.05 bits per heavy atom. The van der Waals surface area contributed by atoms with Gasteiger partial charge in [-0.15, -0.1) is 0 Å². The third-order valence-electron chi connectivity index (χ3n) is 4.37. The van der Waals surface area contributed by atoms with Crippen molar-refractivity contribution < 1.29 is 8.42 Å². The van der Waals surface area contributed by atoms with Crippen LogP contribution in [0.5, 0.6) is 0 Å². The molecule has 0 saturated heterocycles. The fourth-order valence-electron chi connectivity index (χ4n) is 2.55. The summed E-state index contributed by atoms with van der Waals surface area (Å²) in [5.74, 6) is 0.523. The molecule has 1 saturated carbocycles. The Hall–Kier alpha value is -0.910. The van der Waals surface area contributed by atoms with Crippen molar-refractivity contribution in [3.05, 3.63) is 29.3 Å². The zero-order chi connectivity index (χ0) is 15.6. The van der Waals surface area contributed by atoms with Crippen molar-refractivity contribution in [1.29, 1.82) is 0 Å². The molecule has 1 aliphatic rings. The molecule has 0 aliphatic heterocycles. The van der Waals surface area contributed by atoms with Crippen LogP contribution in [0.15, 0.2) is 23.1 Å². The average molecular weight is 310 g/mol. The van der Waals surface area contributed by atoms with Crippen molar-refractivity contribution in [1.82, 2.24) is 9.62 Å². The Balaban J connectivity index is 2.29. The van der Waals surface area contributed by atoms with Gasteiger partial charge in [0.05, 0.1) is 4.90 Å². The molecule has 21 heavy (non-hydrogen) atoms. The summed E-state index contributed by atoms with van der Waals surface area (Å²) in [5, 5.41) is 3.23. The number of sulfonamides is 1. The summed E-state index contributed by atoms with van der Waals surface area (Å²) in [5.41, 5.74) is 1.82. The molecule has 4 nitrogen and oxygen atoms in total. The molecule has 1 unspecified atom stereocenters. The molecule has 0 aromatic heterocycles. The molecule has 118 valence electrons. The largest absolute Gasteiger partial charge is 0.313 e. The summed E-state index contributed by atoms with van der Waals surface area (Å²) in [6.07, 6.45) is 2.28. The number of benzene rings is 1. The standard InChI is InChI=1S/C16H26N2O2S/c1-5-17-11-14-7-6-12(2)16(10-14)21(19,20)18(4)13(3)15-8-9-15/h6-7,10,13,15,17H,5,8-9,11H2,1-4H3. The van der Waals surface area contributed by atoms with E-state index in [-0.39, 0.29) is 6.04 Å². The third-order valence-corrected chi connectivity index (χ3v) is 6.45. The summed E-state index contributed by atoms with van der Waals surface area (Å²) in [6, 6.07) is 5.77. The monoisotopic (exact) mass is 310 g/mol. The van der Waals surface area contributed by atoms with Crippen LogP contribution in [0.4, 0.5) is 0 Å². The van der Waals surface area contributed by atoms with Crippen LogP contribution in [0.2, 0.25) is 0 Å². The maximum absolute atomic E-state index is 12.9. The lowest BCUT2D eigenvalue weighted by molar-refractivity contribution is 0.357. The van der Waals surface area contributed by atoms with Crippen LogP contribution in [-0.4, -0.2) is 32.4 Å². The first kappa shape index (κ1) is 16.5. The predicted octanol–water partition coefficient (Wildman–Crippen LogP) is 2.52. The van der Waals surface area contributed by atoms with Crippen molar-refractivity contribution in [3.63, 3.8) is 0 Å². The van der Waals surface area contributed by atoms with Crippen LogP contribution in [0.25, 0.3) is 0 Å². The Kier molecular flexibility index (Phi) is 5.07. The van der Waals surface area contributed by atoms with Crippen LogP contribution in [-0.2, 0) is 16.6 Å². The molecule has 2 rings (SSSR count). The minimum atomic E-state index is -3.42. The Morgan fingerprint density at radius 1 is 1.38 bits per heavy atom. The molecular formula is C16H26N2O2S. The second kappa shape index (κ2) is 6.46. The van der Waals surface area contributed by atoms with E-state index in [1.54, 1.807) is 11.4 Å². The molecule has 1 N–H and O–H groups in total. The van der Waals surface area contributed by atoms with Gasteiger partial charge in [0.25, 0.3) is 0 Å². The predicted molar refractivity (Wildman–Crippen MR) is 85.7 cm³/mol. The molecule has 0 spiro atoms. The van der Waals surface area contributed by atoms with Gasteiger partial charge in [-0.1, -0.05) is 19.1 Å². The topological polar surface area (TPSA) is 49.4 Å². The first-order valence-corrected chi connectivity index (χ1v) is 9.10. The number of rotatable bonds is 7. The second-order valence-electron chi connectivity index (χ2n) is 5.98. The van der Waals surface area contributed by atoms with Crippen molar-refractivity contribution >= 4 is 10.0 Å². The average Bonchev–Trinajstić information content (AvgIpc) is 3.29. The second-order valence-corrected chi connectivity index (χ2v) is 7.95. The normalized spacial score (nSPS) is 17.2. The highest BCUT2D eigenvalue weighted by Crippen LogP contribution is 2.36. The number of nitrogens with zero attached hydrogens (tertiary/aromatic N) is 1. The lowest BCUT2D eigenvalue weighted by atomic mass is 10.1. The maximum Gasteiger partial charge on any atom is 0.243 e. The number of aryl methyl sites for hydroxylation is 1. The highest BCUT2D eigenvalue weighted by atomic mass is 32.2. The van der Waals surface area contributed by atoms with E-state index in [0.717, 1.165) is 30.5 Å². The molecule has 1 aliphatic carbocycles. The van der Waals surface area contributed by atoms with Gasteiger partial charge in [0.2, 0.25) is 10.0 Å². The van der Waals surface area contributed by atoms with E-state index < -0.39 is 10.0 Å². The highest BCUT2D eigenvalue weighted by molar-refractivity contribution is 7.89. The number of hydrogen-bond donors (Lipinski definition) is 1. The Bertz CT molecular complexity index is 594. The van der Waals surface area contributed by atoms with Gasteiger partial charge in [0.1, 0.15) is 0 Å². The maximum atomic E-state index is 12.9. The summed E-state index contributed by atoms with van der Waals surface area (Å²) in [7, 11) is -1.71. The van der Waals surface area contributed by atoms with Gasteiger partial charge in [-0.05, 0) is 56.3 Å². The van der Waals surface area contributed by atoms with Crippen LogP contribution in [0.3, 0.4) is 0 Å². The van der Waals surface area contributed by atoms with Gasteiger partial charge in [0, 0.05) is 19.6 Å². The van der Waals surface area contributed by atoms with Gasteiger partial charge in [0.15, 0.2) is 0 Å². The molecule has 1 atom stereocenters. The highest BCUT2D eigenvalue weighted by Gasteiger charge is 2.36. The van der Waals surface area contributed by atoms with Gasteiger partial charge >= 0.3 is 0 Å². The Morgan fingerprint density at radius 3 is 2.62 bits per heavy atom. The molecule has 1 fully saturated rings. The molecule has 1 aromatic rings. The van der Waals surface area contributed by atoms with E-state index in [4.69, 9.17) is 0 Å². The molecule has 5 heteroatoms. The molecule has 0 heterocycles. The third kappa shape index (κ3) is 3.65. The fourth-order valence-corrected chi connectivity index (χ4v) is 4.25. The van der Waals surface area contributed by atoms with E-state index >= 15 is 0 Å². The Labute approximate surface area is 128 Å². The smallest absolute Gasteiger partial charge is 0.243 e. The van der Waals surface area contributed by atoms with Crippen LogP contribution >= 0.6 is 0 Å². The van der Waals surface area contributed by atoms with Gasteiger partial charge in [-0.25, -0.2) is 8.42 Å². The molecule has 0 amide bonds. The lowest BCUT2D eigenvalue weighted by Gasteiger charge is -2.25. The minimum Gasteiger partial charge on any atom is -0.313 e. The molecule has 0 bridgehead atoms. The van der Waals surface area contributed by atoms with E-state index in [1.807, 2.05) is 39.0 Å². The van der Waals surface area contributed by atoms with Gasteiger partial charge in [-0.2, -0.15) is 4.31 Å². The SMILES string of the molecule is CCNCc1ccc(C)c(S(=O)(=O)N(C)C(C)C2CC2)c1. The van der Waals surface area contributed by atoms with Gasteiger partial charge in [-0.3, -0.25) is 0 Å². The lowest BCUT2D eigenvalue weighted by Crippen LogP contribution is -2.36. The van der Waals surface area contributed by atoms with Crippen LogP contribution in [0, 0.1) is 12.8 Å². The van der Waals surface area contributed by atoms with Crippen molar-refractivity contribution in [2.24, 2.45) is 5.92 Å². The summed E-state index contributed by atoms with van der Waals surface area (Å²) in [6.45, 7) is 7.47. The van der Waals surface area contributed by atoms with E-state index in [1.165, 1.54) is 0 Å². The molecule has 0 radical (unpaired) electrons. The minimum absolute atomic E-state index is 0.0758.